The fourth-order valence-electron chi connectivity index (χ4n) is 2.17. The Balaban J connectivity index is 1.74. The van der Waals surface area contributed by atoms with Gasteiger partial charge < -0.3 is 4.74 Å². The highest BCUT2D eigenvalue weighted by Gasteiger charge is 2.06. The van der Waals surface area contributed by atoms with Crippen LogP contribution in [0.5, 0.6) is 5.75 Å². The zero-order valence-corrected chi connectivity index (χ0v) is 15.4. The van der Waals surface area contributed by atoms with Crippen LogP contribution in [0.25, 0.3) is 16.3 Å². The van der Waals surface area contributed by atoms with Gasteiger partial charge in [-0.25, -0.2) is 4.98 Å². The first-order valence-electron chi connectivity index (χ1n) is 7.42. The van der Waals surface area contributed by atoms with E-state index in [-0.39, 0.29) is 5.91 Å². The minimum atomic E-state index is -0.225. The smallest absolute Gasteiger partial charge is 0.250 e. The van der Waals surface area contributed by atoms with E-state index in [0.717, 1.165) is 26.0 Å². The van der Waals surface area contributed by atoms with Crippen molar-refractivity contribution in [2.45, 2.75) is 6.92 Å². The Bertz CT molecular complexity index is 872. The number of thiazole rings is 1. The second-order valence-electron chi connectivity index (χ2n) is 4.92. The Hall–Kier alpha value is -2.18. The molecule has 0 fully saturated rings. The lowest BCUT2D eigenvalue weighted by Gasteiger charge is -2.07. The molecule has 0 aliphatic heterocycles. The molecule has 1 amide bonds. The molecule has 0 saturated heterocycles. The van der Waals surface area contributed by atoms with Crippen LogP contribution in [0.3, 0.4) is 0 Å². The lowest BCUT2D eigenvalue weighted by atomic mass is 10.2. The summed E-state index contributed by atoms with van der Waals surface area (Å²) >= 11 is 4.88. The third kappa shape index (κ3) is 4.01. The van der Waals surface area contributed by atoms with E-state index in [9.17, 15) is 4.79 Å². The van der Waals surface area contributed by atoms with Crippen molar-refractivity contribution in [2.24, 2.45) is 0 Å². The highest BCUT2D eigenvalue weighted by Crippen LogP contribution is 2.26. The Morgan fingerprint density at radius 2 is 2.17 bits per heavy atom. The predicted molar refractivity (Wildman–Crippen MR) is 103 cm³/mol. The van der Waals surface area contributed by atoms with Crippen LogP contribution in [0, 0.1) is 0 Å². The molecule has 24 heavy (non-hydrogen) atoms. The second-order valence-corrected chi connectivity index (χ2v) is 6.87. The molecule has 3 rings (SSSR count). The number of aromatic nitrogens is 1. The normalized spacial score (nSPS) is 11.1. The number of nitrogens with zero attached hydrogens (tertiary/aromatic N) is 1. The first kappa shape index (κ1) is 16.7. The van der Waals surface area contributed by atoms with Gasteiger partial charge in [0, 0.05) is 16.1 Å². The van der Waals surface area contributed by atoms with Crippen molar-refractivity contribution in [3.05, 3.63) is 58.6 Å². The molecule has 0 aliphatic carbocycles. The van der Waals surface area contributed by atoms with Crippen molar-refractivity contribution in [1.29, 1.82) is 0 Å². The van der Waals surface area contributed by atoms with Crippen LogP contribution in [0.15, 0.2) is 53.0 Å². The van der Waals surface area contributed by atoms with Gasteiger partial charge in [0.05, 0.1) is 16.8 Å². The molecule has 0 saturated carbocycles. The van der Waals surface area contributed by atoms with E-state index in [2.05, 4.69) is 26.2 Å². The molecule has 0 atom stereocenters. The van der Waals surface area contributed by atoms with Crippen LogP contribution in [0.1, 0.15) is 12.5 Å². The molecule has 0 bridgehead atoms. The summed E-state index contributed by atoms with van der Waals surface area (Å²) in [4.78, 5) is 16.5. The quantitative estimate of drug-likeness (QED) is 0.603. The van der Waals surface area contributed by atoms with Crippen LogP contribution >= 0.6 is 27.3 Å². The number of hydrogen-bond acceptors (Lipinski definition) is 4. The number of amides is 1. The van der Waals surface area contributed by atoms with Gasteiger partial charge in [-0.15, -0.1) is 0 Å². The molecular formula is C18H15BrN2O2S. The molecule has 0 spiro atoms. The monoisotopic (exact) mass is 402 g/mol. The average Bonchev–Trinajstić information content (AvgIpc) is 2.97. The minimum Gasteiger partial charge on any atom is -0.493 e. The van der Waals surface area contributed by atoms with Gasteiger partial charge in [0.25, 0.3) is 0 Å². The largest absolute Gasteiger partial charge is 0.493 e. The fraction of sp³-hybridized carbons (Fsp3) is 0.111. The summed E-state index contributed by atoms with van der Waals surface area (Å²) < 4.78 is 7.54. The van der Waals surface area contributed by atoms with Crippen LogP contribution in [-0.2, 0) is 4.79 Å². The third-order valence-corrected chi connectivity index (χ3v) is 4.66. The topological polar surface area (TPSA) is 51.2 Å². The maximum absolute atomic E-state index is 12.1. The molecule has 0 radical (unpaired) electrons. The number of rotatable bonds is 5. The first-order valence-corrected chi connectivity index (χ1v) is 9.03. The average molecular weight is 403 g/mol. The number of fused-ring (bicyclic) bond motifs is 1. The third-order valence-electron chi connectivity index (χ3n) is 3.21. The maximum atomic E-state index is 12.1. The molecule has 0 unspecified atom stereocenters. The molecule has 122 valence electrons. The summed E-state index contributed by atoms with van der Waals surface area (Å²) in [7, 11) is 0. The maximum Gasteiger partial charge on any atom is 0.250 e. The van der Waals surface area contributed by atoms with E-state index in [1.165, 1.54) is 17.4 Å². The molecule has 3 aromatic rings. The van der Waals surface area contributed by atoms with Crippen LogP contribution < -0.4 is 10.1 Å². The van der Waals surface area contributed by atoms with Gasteiger partial charge in [-0.3, -0.25) is 10.1 Å². The summed E-state index contributed by atoms with van der Waals surface area (Å²) in [5.41, 5.74) is 1.72. The van der Waals surface area contributed by atoms with E-state index in [4.69, 9.17) is 4.74 Å². The van der Waals surface area contributed by atoms with Crippen LogP contribution in [0.2, 0.25) is 0 Å². The number of para-hydroxylation sites is 1. The van der Waals surface area contributed by atoms with E-state index in [1.54, 1.807) is 6.08 Å². The Kier molecular flexibility index (Phi) is 5.27. The Morgan fingerprint density at radius 3 is 2.96 bits per heavy atom. The van der Waals surface area contributed by atoms with Crippen molar-refractivity contribution in [1.82, 2.24) is 4.98 Å². The van der Waals surface area contributed by atoms with Crippen molar-refractivity contribution >= 4 is 54.6 Å². The second kappa shape index (κ2) is 7.59. The summed E-state index contributed by atoms with van der Waals surface area (Å²) in [5.74, 6) is 0.515. The molecule has 4 nitrogen and oxygen atoms in total. The summed E-state index contributed by atoms with van der Waals surface area (Å²) in [6.07, 6.45) is 3.22. The van der Waals surface area contributed by atoms with E-state index in [0.29, 0.717) is 11.7 Å². The van der Waals surface area contributed by atoms with E-state index >= 15 is 0 Å². The molecule has 0 aliphatic rings. The lowest BCUT2D eigenvalue weighted by molar-refractivity contribution is -0.111. The Morgan fingerprint density at radius 1 is 1.33 bits per heavy atom. The molecule has 1 aromatic heterocycles. The summed E-state index contributed by atoms with van der Waals surface area (Å²) in [5, 5.41) is 3.38. The number of hydrogen-bond donors (Lipinski definition) is 1. The zero-order chi connectivity index (χ0) is 16.9. The van der Waals surface area contributed by atoms with E-state index < -0.39 is 0 Å². The lowest BCUT2D eigenvalue weighted by Crippen LogP contribution is -2.07. The number of carbonyl (C=O) groups excluding carboxylic acids is 1. The van der Waals surface area contributed by atoms with Crippen molar-refractivity contribution in [2.75, 3.05) is 11.9 Å². The highest BCUT2D eigenvalue weighted by atomic mass is 79.9. The highest BCUT2D eigenvalue weighted by molar-refractivity contribution is 9.10. The van der Waals surface area contributed by atoms with Gasteiger partial charge in [0.15, 0.2) is 5.13 Å². The number of halogens is 1. The molecular weight excluding hydrogens is 388 g/mol. The van der Waals surface area contributed by atoms with Crippen molar-refractivity contribution < 1.29 is 9.53 Å². The number of benzene rings is 2. The summed E-state index contributed by atoms with van der Waals surface area (Å²) in [6.45, 7) is 2.50. The van der Waals surface area contributed by atoms with Crippen LogP contribution in [0.4, 0.5) is 5.13 Å². The number of carbonyl (C=O) groups is 1. The minimum absolute atomic E-state index is 0.225. The van der Waals surface area contributed by atoms with Gasteiger partial charge in [-0.05, 0) is 43.3 Å². The van der Waals surface area contributed by atoms with Gasteiger partial charge in [-0.1, -0.05) is 39.4 Å². The van der Waals surface area contributed by atoms with Gasteiger partial charge >= 0.3 is 0 Å². The number of anilines is 1. The Labute approximate surface area is 152 Å². The van der Waals surface area contributed by atoms with Crippen molar-refractivity contribution in [3.63, 3.8) is 0 Å². The number of nitrogens with one attached hydrogen (secondary N) is 1. The van der Waals surface area contributed by atoms with Gasteiger partial charge in [0.2, 0.25) is 5.91 Å². The molecule has 1 heterocycles. The van der Waals surface area contributed by atoms with Crippen LogP contribution in [-0.4, -0.2) is 17.5 Å². The SMILES string of the molecule is CCOc1ccc(Br)cc1/C=C/C(=O)Nc1nc2ccccc2s1. The van der Waals surface area contributed by atoms with Crippen molar-refractivity contribution in [3.8, 4) is 5.75 Å². The van der Waals surface area contributed by atoms with E-state index in [1.807, 2.05) is 49.4 Å². The fourth-order valence-corrected chi connectivity index (χ4v) is 3.42. The number of ether oxygens (including phenoxy) is 1. The molecule has 6 heteroatoms. The predicted octanol–water partition coefficient (Wildman–Crippen LogP) is 5.11. The molecule has 2 aromatic carbocycles. The van der Waals surface area contributed by atoms with Gasteiger partial charge in [0.1, 0.15) is 5.75 Å². The van der Waals surface area contributed by atoms with Gasteiger partial charge in [-0.2, -0.15) is 0 Å². The summed E-state index contributed by atoms with van der Waals surface area (Å²) in [6, 6.07) is 13.5. The zero-order valence-electron chi connectivity index (χ0n) is 13.0. The molecule has 1 N–H and O–H groups in total. The first-order chi connectivity index (χ1) is 11.7. The standard InChI is InChI=1S/C18H15BrN2O2S/c1-2-23-15-9-8-13(19)11-12(15)7-10-17(22)21-18-20-14-5-3-4-6-16(14)24-18/h3-11H,2H2,1H3,(H,20,21,22)/b10-7+.